The lowest BCUT2D eigenvalue weighted by Gasteiger charge is -1.99. The van der Waals surface area contributed by atoms with Crippen LogP contribution in [0.5, 0.6) is 0 Å². The number of hydrogen-bond donors (Lipinski definition) is 1. The highest BCUT2D eigenvalue weighted by Crippen LogP contribution is 2.28. The summed E-state index contributed by atoms with van der Waals surface area (Å²) in [6.45, 7) is 6.11. The number of aromatic nitrogens is 1. The summed E-state index contributed by atoms with van der Waals surface area (Å²) in [5.74, 6) is -0.134. The number of nitrogens with zero attached hydrogens (tertiary/aromatic N) is 1. The molecule has 0 aromatic carbocycles. The number of thiazole rings is 1. The summed E-state index contributed by atoms with van der Waals surface area (Å²) in [5, 5.41) is 3.04. The SMILES string of the molecule is [B]C(=O)Nc1nc(C)c(C(C)C)s1. The first-order valence-corrected chi connectivity index (χ1v) is 4.86. The Morgan fingerprint density at radius 3 is 2.62 bits per heavy atom. The third-order valence-electron chi connectivity index (χ3n) is 1.59. The summed E-state index contributed by atoms with van der Waals surface area (Å²) >= 11 is 1.47. The fourth-order valence-corrected chi connectivity index (χ4v) is 2.07. The Bertz CT molecular complexity index is 322. The standard InChI is InChI=1S/C8H11BN2OS/c1-4(2)6-5(3)10-8(13-6)11-7(9)12/h4H,1-3H3,(H,10,11,12). The van der Waals surface area contributed by atoms with Crippen molar-refractivity contribution in [2.75, 3.05) is 5.32 Å². The molecule has 0 saturated carbocycles. The quantitative estimate of drug-likeness (QED) is 0.733. The van der Waals surface area contributed by atoms with E-state index in [1.807, 2.05) is 6.92 Å². The van der Waals surface area contributed by atoms with Crippen LogP contribution in [0, 0.1) is 6.92 Å². The molecule has 1 amide bonds. The van der Waals surface area contributed by atoms with Crippen LogP contribution in [0.25, 0.3) is 0 Å². The van der Waals surface area contributed by atoms with E-state index in [2.05, 4.69) is 24.1 Å². The molecule has 68 valence electrons. The largest absolute Gasteiger partial charge is 0.312 e. The maximum Gasteiger partial charge on any atom is 0.201 e. The number of hydrogen-bond acceptors (Lipinski definition) is 3. The number of anilines is 1. The number of nitrogens with one attached hydrogen (secondary N) is 1. The van der Waals surface area contributed by atoms with E-state index in [1.54, 1.807) is 0 Å². The molecule has 0 aliphatic rings. The number of aryl methyl sites for hydroxylation is 1. The average molecular weight is 194 g/mol. The Balaban J connectivity index is 2.88. The van der Waals surface area contributed by atoms with Crippen LogP contribution in [0.4, 0.5) is 9.93 Å². The van der Waals surface area contributed by atoms with Gasteiger partial charge in [0.15, 0.2) is 10.9 Å². The van der Waals surface area contributed by atoms with Crippen LogP contribution in [-0.4, -0.2) is 18.6 Å². The fourth-order valence-electron chi connectivity index (χ4n) is 1.10. The van der Waals surface area contributed by atoms with Gasteiger partial charge in [-0.3, -0.25) is 4.79 Å². The number of carbonyl (C=O) groups is 1. The molecule has 1 heterocycles. The van der Waals surface area contributed by atoms with E-state index in [1.165, 1.54) is 16.2 Å². The van der Waals surface area contributed by atoms with Crippen molar-refractivity contribution >= 4 is 30.1 Å². The van der Waals surface area contributed by atoms with E-state index >= 15 is 0 Å². The summed E-state index contributed by atoms with van der Waals surface area (Å²) in [6.07, 6.45) is 0. The summed E-state index contributed by atoms with van der Waals surface area (Å²) < 4.78 is 0. The average Bonchev–Trinajstić information content (AvgIpc) is 2.29. The number of amides is 1. The van der Waals surface area contributed by atoms with Gasteiger partial charge in [-0.15, -0.1) is 11.3 Å². The molecule has 0 spiro atoms. The molecule has 0 unspecified atom stereocenters. The molecule has 0 atom stereocenters. The Labute approximate surface area is 83.0 Å². The second-order valence-electron chi connectivity index (χ2n) is 3.11. The Morgan fingerprint density at radius 2 is 2.23 bits per heavy atom. The van der Waals surface area contributed by atoms with Gasteiger partial charge in [-0.1, -0.05) is 13.8 Å². The van der Waals surface area contributed by atoms with Crippen LogP contribution < -0.4 is 5.32 Å². The molecule has 0 aliphatic heterocycles. The molecule has 3 nitrogen and oxygen atoms in total. The minimum atomic E-state index is -0.566. The minimum absolute atomic E-state index is 0.431. The molecule has 0 bridgehead atoms. The van der Waals surface area contributed by atoms with Crippen LogP contribution >= 0.6 is 11.3 Å². The van der Waals surface area contributed by atoms with Crippen LogP contribution in [0.15, 0.2) is 0 Å². The van der Waals surface area contributed by atoms with Crippen LogP contribution in [0.3, 0.4) is 0 Å². The Kier molecular flexibility index (Phi) is 3.09. The van der Waals surface area contributed by atoms with E-state index in [9.17, 15) is 4.79 Å². The zero-order valence-corrected chi connectivity index (χ0v) is 8.73. The molecule has 0 fully saturated rings. The molecular weight excluding hydrogens is 183 g/mol. The van der Waals surface area contributed by atoms with Gasteiger partial charge in [0.05, 0.1) is 5.69 Å². The fraction of sp³-hybridized carbons (Fsp3) is 0.500. The van der Waals surface area contributed by atoms with Crippen LogP contribution in [0.2, 0.25) is 0 Å². The smallest absolute Gasteiger partial charge is 0.201 e. The van der Waals surface area contributed by atoms with E-state index in [-0.39, 0.29) is 0 Å². The predicted octanol–water partition coefficient (Wildman–Crippen LogP) is 2.28. The summed E-state index contributed by atoms with van der Waals surface area (Å²) in [7, 11) is 4.98. The van der Waals surface area contributed by atoms with Crippen LogP contribution in [-0.2, 0) is 0 Å². The highest BCUT2D eigenvalue weighted by molar-refractivity contribution is 7.16. The first kappa shape index (κ1) is 10.2. The maximum absolute atomic E-state index is 10.5. The molecular formula is C8H11BN2OS. The summed E-state index contributed by atoms with van der Waals surface area (Å²) in [4.78, 5) is 15.9. The number of rotatable bonds is 2. The Hall–Kier alpha value is -0.835. The van der Waals surface area contributed by atoms with Gasteiger partial charge >= 0.3 is 0 Å². The van der Waals surface area contributed by atoms with Crippen molar-refractivity contribution in [3.63, 3.8) is 0 Å². The highest BCUT2D eigenvalue weighted by atomic mass is 32.1. The third kappa shape index (κ3) is 2.55. The number of carbonyl (C=O) groups excluding carboxylic acids is 1. The second kappa shape index (κ2) is 3.92. The van der Waals surface area contributed by atoms with E-state index in [4.69, 9.17) is 7.85 Å². The molecule has 1 aromatic heterocycles. The van der Waals surface area contributed by atoms with Gasteiger partial charge in [0.1, 0.15) is 0 Å². The zero-order valence-electron chi connectivity index (χ0n) is 7.92. The lowest BCUT2D eigenvalue weighted by molar-refractivity contribution is 0.269. The topological polar surface area (TPSA) is 42.0 Å². The normalized spacial score (nSPS) is 10.5. The minimum Gasteiger partial charge on any atom is -0.312 e. The van der Waals surface area contributed by atoms with Gasteiger partial charge in [0, 0.05) is 4.88 Å². The van der Waals surface area contributed by atoms with Gasteiger partial charge < -0.3 is 5.32 Å². The first-order valence-electron chi connectivity index (χ1n) is 4.04. The van der Waals surface area contributed by atoms with Gasteiger partial charge in [-0.2, -0.15) is 0 Å². The van der Waals surface area contributed by atoms with Crippen LogP contribution in [0.1, 0.15) is 30.3 Å². The molecule has 1 N–H and O–H groups in total. The Morgan fingerprint density at radius 1 is 1.62 bits per heavy atom. The molecule has 1 aromatic rings. The van der Waals surface area contributed by atoms with Gasteiger partial charge in [0.2, 0.25) is 7.85 Å². The molecule has 0 saturated heterocycles. The van der Waals surface area contributed by atoms with Gasteiger partial charge in [0.25, 0.3) is 0 Å². The molecule has 5 heteroatoms. The van der Waals surface area contributed by atoms with Crippen molar-refractivity contribution in [2.24, 2.45) is 0 Å². The lowest BCUT2D eigenvalue weighted by atomic mass is 10.1. The van der Waals surface area contributed by atoms with Crippen molar-refractivity contribution in [1.29, 1.82) is 0 Å². The van der Waals surface area contributed by atoms with E-state index in [0.717, 1.165) is 5.69 Å². The lowest BCUT2D eigenvalue weighted by Crippen LogP contribution is -2.07. The summed E-state index contributed by atoms with van der Waals surface area (Å²) in [6, 6.07) is 0. The monoisotopic (exact) mass is 194 g/mol. The van der Waals surface area contributed by atoms with E-state index in [0.29, 0.717) is 11.0 Å². The van der Waals surface area contributed by atoms with Gasteiger partial charge in [-0.05, 0) is 12.8 Å². The maximum atomic E-state index is 10.5. The summed E-state index contributed by atoms with van der Waals surface area (Å²) in [5.41, 5.74) is 0.962. The van der Waals surface area contributed by atoms with E-state index < -0.39 is 5.81 Å². The van der Waals surface area contributed by atoms with Crippen molar-refractivity contribution in [3.05, 3.63) is 10.6 Å². The highest BCUT2D eigenvalue weighted by Gasteiger charge is 2.10. The van der Waals surface area contributed by atoms with Crippen molar-refractivity contribution in [3.8, 4) is 0 Å². The predicted molar refractivity (Wildman–Crippen MR) is 55.7 cm³/mol. The first-order chi connectivity index (χ1) is 6.00. The molecule has 2 radical (unpaired) electrons. The third-order valence-corrected chi connectivity index (χ3v) is 2.96. The molecule has 1 rings (SSSR count). The van der Waals surface area contributed by atoms with Crippen molar-refractivity contribution in [1.82, 2.24) is 4.98 Å². The molecule has 13 heavy (non-hydrogen) atoms. The second-order valence-corrected chi connectivity index (χ2v) is 4.14. The molecule has 0 aliphatic carbocycles. The zero-order chi connectivity index (χ0) is 10.0. The van der Waals surface area contributed by atoms with Crippen molar-refractivity contribution < 1.29 is 4.79 Å². The van der Waals surface area contributed by atoms with Gasteiger partial charge in [-0.25, -0.2) is 4.98 Å². The van der Waals surface area contributed by atoms with Crippen molar-refractivity contribution in [2.45, 2.75) is 26.7 Å².